The van der Waals surface area contributed by atoms with E-state index in [1.165, 1.54) is 0 Å². The van der Waals surface area contributed by atoms with Gasteiger partial charge in [-0.2, -0.15) is 4.98 Å². The smallest absolute Gasteiger partial charge is 0.223 e. The van der Waals surface area contributed by atoms with Crippen LogP contribution in [0.2, 0.25) is 0 Å². The first kappa shape index (κ1) is 32.5. The van der Waals surface area contributed by atoms with Crippen LogP contribution in [0.3, 0.4) is 0 Å². The van der Waals surface area contributed by atoms with Crippen molar-refractivity contribution in [2.75, 3.05) is 12.3 Å². The van der Waals surface area contributed by atoms with Gasteiger partial charge in [-0.25, -0.2) is 13.4 Å². The van der Waals surface area contributed by atoms with E-state index in [0.29, 0.717) is 23.8 Å². The number of hydrogen-bond acceptors (Lipinski definition) is 7. The topological polar surface area (TPSA) is 124 Å². The van der Waals surface area contributed by atoms with Gasteiger partial charge >= 0.3 is 0 Å². The van der Waals surface area contributed by atoms with Crippen molar-refractivity contribution in [3.05, 3.63) is 65.2 Å². The molecule has 2 atom stereocenters. The Morgan fingerprint density at radius 1 is 1.09 bits per heavy atom. The number of ether oxygens (including phenoxy) is 1. The molecule has 1 unspecified atom stereocenters. The Labute approximate surface area is 257 Å². The highest BCUT2D eigenvalue weighted by Crippen LogP contribution is 2.51. The molecule has 1 fully saturated rings. The first-order valence-corrected chi connectivity index (χ1v) is 16.2. The van der Waals surface area contributed by atoms with Crippen LogP contribution in [0.15, 0.2) is 53.4 Å². The van der Waals surface area contributed by atoms with E-state index >= 15 is 0 Å². The van der Waals surface area contributed by atoms with Crippen molar-refractivity contribution in [2.45, 2.75) is 90.5 Å². The van der Waals surface area contributed by atoms with Crippen molar-refractivity contribution >= 4 is 22.6 Å². The molecule has 0 bridgehead atoms. The highest BCUT2D eigenvalue weighted by Gasteiger charge is 2.47. The maximum Gasteiger partial charge on any atom is 0.223 e. The molecule has 9 heteroatoms. The SMILES string of the molecule is CCC(=O)N[C@]1(C)C[C@H](C(c2cccc([SH](=O)=O)c2)[C@@H](COc2cc(-c3c(C)cccc3C)nc(N)n2)CC(C)(C)C)C1. The molecule has 0 radical (unpaired) electrons. The number of nitrogen functional groups attached to an aromatic ring is 1. The zero-order valence-electron chi connectivity index (χ0n) is 26.4. The second-order valence-electron chi connectivity index (χ2n) is 13.6. The van der Waals surface area contributed by atoms with Crippen LogP contribution in [0.1, 0.15) is 82.9 Å². The number of hydrogen-bond donors (Lipinski definition) is 3. The molecule has 8 nitrogen and oxygen atoms in total. The molecule has 1 aliphatic rings. The molecule has 1 heterocycles. The fraction of sp³-hybridized carbons (Fsp3) is 0.500. The third-order valence-electron chi connectivity index (χ3n) is 8.45. The number of aromatic nitrogens is 2. The number of rotatable bonds is 11. The molecule has 3 aromatic rings. The molecule has 43 heavy (non-hydrogen) atoms. The van der Waals surface area contributed by atoms with Gasteiger partial charge in [-0.3, -0.25) is 4.79 Å². The summed E-state index contributed by atoms with van der Waals surface area (Å²) >= 11 is 0. The average molecular weight is 607 g/mol. The quantitative estimate of drug-likeness (QED) is 0.221. The summed E-state index contributed by atoms with van der Waals surface area (Å²) in [5.74, 6) is 0.881. The summed E-state index contributed by atoms with van der Waals surface area (Å²) in [5, 5.41) is 3.19. The minimum atomic E-state index is -2.72. The molecule has 0 spiro atoms. The van der Waals surface area contributed by atoms with Gasteiger partial charge in [-0.15, -0.1) is 0 Å². The third kappa shape index (κ3) is 8.13. The predicted molar refractivity (Wildman–Crippen MR) is 172 cm³/mol. The number of nitrogens with two attached hydrogens (primary N) is 1. The Morgan fingerprint density at radius 3 is 2.35 bits per heavy atom. The molecule has 3 N–H and O–H groups in total. The zero-order valence-corrected chi connectivity index (χ0v) is 27.3. The minimum Gasteiger partial charge on any atom is -0.477 e. The number of carbonyl (C=O) groups is 1. The summed E-state index contributed by atoms with van der Waals surface area (Å²) in [6.45, 7) is 15.0. The number of amides is 1. The van der Waals surface area contributed by atoms with E-state index in [2.05, 4.69) is 43.0 Å². The zero-order chi connectivity index (χ0) is 31.5. The number of thiol groups is 1. The van der Waals surface area contributed by atoms with Crippen molar-refractivity contribution in [1.29, 1.82) is 0 Å². The van der Waals surface area contributed by atoms with E-state index in [0.717, 1.165) is 47.2 Å². The summed E-state index contributed by atoms with van der Waals surface area (Å²) in [6.07, 6.45) is 2.88. The molecule has 0 saturated heterocycles. The fourth-order valence-corrected chi connectivity index (χ4v) is 7.25. The second-order valence-corrected chi connectivity index (χ2v) is 14.6. The van der Waals surface area contributed by atoms with Gasteiger partial charge in [-0.1, -0.05) is 58.0 Å². The van der Waals surface area contributed by atoms with Crippen LogP contribution in [0, 0.1) is 31.1 Å². The van der Waals surface area contributed by atoms with Crippen LogP contribution in [-0.2, 0) is 15.5 Å². The molecule has 1 saturated carbocycles. The lowest BCUT2D eigenvalue weighted by Crippen LogP contribution is -2.57. The number of aryl methyl sites for hydroxylation is 2. The van der Waals surface area contributed by atoms with E-state index in [-0.39, 0.29) is 40.6 Å². The monoisotopic (exact) mass is 606 g/mol. The Kier molecular flexibility index (Phi) is 9.84. The van der Waals surface area contributed by atoms with Gasteiger partial charge in [0.15, 0.2) is 10.7 Å². The van der Waals surface area contributed by atoms with E-state index in [1.54, 1.807) is 12.1 Å². The van der Waals surface area contributed by atoms with Crippen LogP contribution in [-0.4, -0.2) is 36.4 Å². The molecule has 232 valence electrons. The largest absolute Gasteiger partial charge is 0.477 e. The van der Waals surface area contributed by atoms with Crippen LogP contribution in [0.5, 0.6) is 5.88 Å². The Hall–Kier alpha value is -3.46. The summed E-state index contributed by atoms with van der Waals surface area (Å²) in [4.78, 5) is 21.5. The van der Waals surface area contributed by atoms with E-state index in [4.69, 9.17) is 10.5 Å². The van der Waals surface area contributed by atoms with Crippen molar-refractivity contribution in [3.8, 4) is 17.1 Å². The van der Waals surface area contributed by atoms with Gasteiger partial charge in [0.25, 0.3) is 0 Å². The first-order chi connectivity index (χ1) is 20.2. The fourth-order valence-electron chi connectivity index (χ4n) is 6.79. The number of nitrogens with one attached hydrogen (secondary N) is 1. The highest BCUT2D eigenvalue weighted by atomic mass is 32.2. The lowest BCUT2D eigenvalue weighted by Gasteiger charge is -2.51. The van der Waals surface area contributed by atoms with Crippen LogP contribution < -0.4 is 15.8 Å². The molecule has 1 aliphatic carbocycles. The average Bonchev–Trinajstić information content (AvgIpc) is 2.90. The van der Waals surface area contributed by atoms with Gasteiger partial charge in [0, 0.05) is 29.5 Å². The van der Waals surface area contributed by atoms with Gasteiger partial charge < -0.3 is 15.8 Å². The predicted octanol–water partition coefficient (Wildman–Crippen LogP) is 6.22. The standard InChI is InChI=1S/C34H46N4O4S/c1-8-28(39)38-34(7)18-24(19-34)31(23-13-10-14-26(15-23)43(40)41)25(17-33(4,5)6)20-42-29-16-27(36-32(35)37-29)30-21(2)11-9-12-22(30)3/h9-16,24-25,31,43H,8,17-20H2,1-7H3,(H,38,39)(H2,35,36,37)/t24-,25-,31?,34+/m1/s1. The highest BCUT2D eigenvalue weighted by molar-refractivity contribution is 7.72. The number of nitrogens with zero attached hydrogens (tertiary/aromatic N) is 2. The van der Waals surface area contributed by atoms with E-state index in [9.17, 15) is 13.2 Å². The van der Waals surface area contributed by atoms with E-state index in [1.807, 2.05) is 57.2 Å². The Balaban J connectivity index is 1.69. The molecule has 0 aliphatic heterocycles. The summed E-state index contributed by atoms with van der Waals surface area (Å²) < 4.78 is 30.4. The van der Waals surface area contributed by atoms with Crippen molar-refractivity contribution in [2.24, 2.45) is 17.3 Å². The summed E-state index contributed by atoms with van der Waals surface area (Å²) in [5.41, 5.74) is 10.7. The molecular weight excluding hydrogens is 560 g/mol. The molecule has 1 aromatic heterocycles. The number of carbonyl (C=O) groups excluding carboxylic acids is 1. The maximum atomic E-state index is 12.2. The van der Waals surface area contributed by atoms with Crippen LogP contribution in [0.4, 0.5) is 5.95 Å². The molecular formula is C34H46N4O4S. The van der Waals surface area contributed by atoms with Gasteiger partial charge in [-0.05, 0) is 86.1 Å². The Morgan fingerprint density at radius 2 is 1.74 bits per heavy atom. The van der Waals surface area contributed by atoms with Gasteiger partial charge in [0.2, 0.25) is 17.7 Å². The molecule has 1 amide bonds. The summed E-state index contributed by atoms with van der Waals surface area (Å²) in [6, 6.07) is 15.2. The van der Waals surface area contributed by atoms with Crippen molar-refractivity contribution in [1.82, 2.24) is 15.3 Å². The van der Waals surface area contributed by atoms with Gasteiger partial charge in [0.1, 0.15) is 0 Å². The Bertz CT molecular complexity index is 1510. The van der Waals surface area contributed by atoms with Gasteiger partial charge in [0.05, 0.1) is 17.2 Å². The van der Waals surface area contributed by atoms with E-state index < -0.39 is 10.7 Å². The lowest BCUT2D eigenvalue weighted by molar-refractivity contribution is -0.124. The first-order valence-electron chi connectivity index (χ1n) is 15.1. The van der Waals surface area contributed by atoms with Crippen molar-refractivity contribution in [3.63, 3.8) is 0 Å². The molecule has 4 rings (SSSR count). The van der Waals surface area contributed by atoms with Crippen LogP contribution >= 0.6 is 0 Å². The number of benzene rings is 2. The van der Waals surface area contributed by atoms with Crippen molar-refractivity contribution < 1.29 is 17.9 Å². The lowest BCUT2D eigenvalue weighted by atomic mass is 9.58. The minimum absolute atomic E-state index is 0.0120. The molecule has 2 aromatic carbocycles. The second kappa shape index (κ2) is 13.0. The summed E-state index contributed by atoms with van der Waals surface area (Å²) in [7, 11) is -2.72. The van der Waals surface area contributed by atoms with Crippen LogP contribution in [0.25, 0.3) is 11.3 Å². The number of anilines is 1. The maximum absolute atomic E-state index is 12.2. The third-order valence-corrected chi connectivity index (χ3v) is 9.15. The normalized spacial score (nSPS) is 19.9.